The molecule has 2 N–H and O–H groups in total. The van der Waals surface area contributed by atoms with Crippen LogP contribution in [-0.4, -0.2) is 31.1 Å². The van der Waals surface area contributed by atoms with Crippen LogP contribution >= 0.6 is 23.1 Å². The van der Waals surface area contributed by atoms with Gasteiger partial charge in [0.25, 0.3) is 0 Å². The summed E-state index contributed by atoms with van der Waals surface area (Å²) in [6.45, 7) is 1.91. The topological polar surface area (TPSA) is 97.5 Å². The molecule has 0 bridgehead atoms. The maximum atomic E-state index is 12.0. The summed E-state index contributed by atoms with van der Waals surface area (Å²) >= 11 is 3.11. The first kappa shape index (κ1) is 16.3. The van der Waals surface area contributed by atoms with Crippen molar-refractivity contribution in [2.45, 2.75) is 17.0 Å². The number of aromatic nitrogens is 3. The number of thioether (sulfide) groups is 1. The van der Waals surface area contributed by atoms with E-state index < -0.39 is 5.97 Å². The molecule has 1 aromatic carbocycles. The van der Waals surface area contributed by atoms with Crippen LogP contribution in [0.1, 0.15) is 20.9 Å². The maximum Gasteiger partial charge on any atom is 0.363 e. The van der Waals surface area contributed by atoms with Crippen LogP contribution in [0.25, 0.3) is 0 Å². The average Bonchev–Trinajstić information content (AvgIpc) is 3.13. The van der Waals surface area contributed by atoms with Gasteiger partial charge in [-0.1, -0.05) is 35.2 Å². The van der Waals surface area contributed by atoms with Crippen molar-refractivity contribution in [3.05, 3.63) is 52.5 Å². The van der Waals surface area contributed by atoms with Crippen molar-refractivity contribution < 1.29 is 19.8 Å². The number of aryl methyl sites for hydroxylation is 1. The van der Waals surface area contributed by atoms with E-state index in [9.17, 15) is 15.0 Å². The molecule has 0 unspecified atom stereocenters. The van der Waals surface area contributed by atoms with Gasteiger partial charge in [-0.25, -0.2) is 4.79 Å². The highest BCUT2D eigenvalue weighted by Crippen LogP contribution is 2.25. The Hall–Kier alpha value is -2.52. The molecule has 2 aromatic heterocycles. The van der Waals surface area contributed by atoms with Gasteiger partial charge in [0.05, 0.1) is 5.56 Å². The van der Waals surface area contributed by atoms with Crippen molar-refractivity contribution in [3.63, 3.8) is 0 Å². The monoisotopic (exact) mass is 363 g/mol. The van der Waals surface area contributed by atoms with Gasteiger partial charge < -0.3 is 15.1 Å². The molecule has 7 nitrogen and oxygen atoms in total. The Balaban J connectivity index is 1.62. The van der Waals surface area contributed by atoms with Crippen LogP contribution < -0.4 is 4.84 Å². The summed E-state index contributed by atoms with van der Waals surface area (Å²) in [6.07, 6.45) is 0. The zero-order valence-electron chi connectivity index (χ0n) is 12.5. The van der Waals surface area contributed by atoms with Crippen LogP contribution in [0.2, 0.25) is 0 Å². The first-order valence-corrected chi connectivity index (χ1v) is 8.67. The number of hydrogen-bond acceptors (Lipinski definition) is 8. The molecule has 0 fully saturated rings. The molecule has 0 atom stereocenters. The summed E-state index contributed by atoms with van der Waals surface area (Å²) in [5, 5.41) is 27.9. The molecule has 0 aliphatic heterocycles. The van der Waals surface area contributed by atoms with Crippen LogP contribution in [0.5, 0.6) is 11.8 Å². The predicted octanol–water partition coefficient (Wildman–Crippen LogP) is 2.62. The maximum absolute atomic E-state index is 12.0. The molecule has 124 valence electrons. The largest absolute Gasteiger partial charge is 0.492 e. The third-order valence-electron chi connectivity index (χ3n) is 3.03. The number of aromatic hydroxyl groups is 2. The smallest absolute Gasteiger partial charge is 0.363 e. The highest BCUT2D eigenvalue weighted by molar-refractivity contribution is 8.00. The van der Waals surface area contributed by atoms with Crippen molar-refractivity contribution in [1.29, 1.82) is 0 Å². The summed E-state index contributed by atoms with van der Waals surface area (Å²) < 4.78 is 1.55. The second-order valence-electron chi connectivity index (χ2n) is 4.80. The number of hydrogen-bond donors (Lipinski definition) is 2. The first-order chi connectivity index (χ1) is 11.5. The van der Waals surface area contributed by atoms with E-state index in [4.69, 9.17) is 4.84 Å². The lowest BCUT2D eigenvalue weighted by atomic mass is 10.1. The van der Waals surface area contributed by atoms with Gasteiger partial charge in [-0.2, -0.15) is 0 Å². The van der Waals surface area contributed by atoms with Crippen LogP contribution in [0.4, 0.5) is 0 Å². The fourth-order valence-corrected chi connectivity index (χ4v) is 3.62. The molecule has 0 amide bonds. The molecule has 0 saturated heterocycles. The van der Waals surface area contributed by atoms with Crippen molar-refractivity contribution in [1.82, 2.24) is 14.9 Å². The summed E-state index contributed by atoms with van der Waals surface area (Å²) in [6, 6.07) is 9.32. The minimum atomic E-state index is -0.684. The average molecular weight is 363 g/mol. The summed E-state index contributed by atoms with van der Waals surface area (Å²) in [5.74, 6) is -0.693. The van der Waals surface area contributed by atoms with Gasteiger partial charge in [0.2, 0.25) is 11.8 Å². The number of benzene rings is 1. The molecule has 0 radical (unpaired) electrons. The third-order valence-corrected chi connectivity index (χ3v) is 5.07. The van der Waals surface area contributed by atoms with Crippen molar-refractivity contribution in [3.8, 4) is 11.8 Å². The Labute approximate surface area is 145 Å². The number of rotatable bonds is 5. The number of carbonyl (C=O) groups excluding carboxylic acids is 1. The minimum Gasteiger partial charge on any atom is -0.492 e. The van der Waals surface area contributed by atoms with E-state index in [1.54, 1.807) is 23.9 Å². The van der Waals surface area contributed by atoms with E-state index >= 15 is 0 Å². The van der Waals surface area contributed by atoms with Gasteiger partial charge in [-0.15, -0.1) is 14.9 Å². The van der Waals surface area contributed by atoms with E-state index in [0.717, 1.165) is 14.9 Å². The Kier molecular flexibility index (Phi) is 4.72. The molecule has 2 heterocycles. The fourth-order valence-electron chi connectivity index (χ4n) is 1.85. The first-order valence-electron chi connectivity index (χ1n) is 6.87. The van der Waals surface area contributed by atoms with Crippen molar-refractivity contribution in [2.24, 2.45) is 0 Å². The van der Waals surface area contributed by atoms with E-state index in [1.807, 2.05) is 19.1 Å². The molecule has 0 saturated carbocycles. The number of nitrogens with zero attached hydrogens (tertiary/aromatic N) is 3. The number of carbonyl (C=O) groups is 1. The van der Waals surface area contributed by atoms with Crippen molar-refractivity contribution in [2.75, 3.05) is 0 Å². The molecule has 9 heteroatoms. The zero-order chi connectivity index (χ0) is 17.1. The summed E-state index contributed by atoms with van der Waals surface area (Å²) in [5.41, 5.74) is 1.33. The summed E-state index contributed by atoms with van der Waals surface area (Å²) in [7, 11) is 0. The Morgan fingerprint density at radius 3 is 2.42 bits per heavy atom. The SMILES string of the molecule is Cc1nnc(SCc2ccc(C(=O)On3c(O)ccc3O)cc2)s1. The lowest BCUT2D eigenvalue weighted by molar-refractivity contribution is 0.0382. The Morgan fingerprint density at radius 1 is 1.17 bits per heavy atom. The molecule has 0 spiro atoms. The molecule has 0 aliphatic carbocycles. The molecule has 0 aliphatic rings. The molecule has 3 aromatic rings. The third kappa shape index (κ3) is 3.69. The highest BCUT2D eigenvalue weighted by atomic mass is 32.2. The van der Waals surface area contributed by atoms with Crippen LogP contribution in [0, 0.1) is 6.92 Å². The summed E-state index contributed by atoms with van der Waals surface area (Å²) in [4.78, 5) is 17.0. The van der Waals surface area contributed by atoms with Crippen LogP contribution in [0.3, 0.4) is 0 Å². The zero-order valence-corrected chi connectivity index (χ0v) is 14.2. The van der Waals surface area contributed by atoms with Gasteiger partial charge >= 0.3 is 5.97 Å². The second kappa shape index (κ2) is 6.93. The quantitative estimate of drug-likeness (QED) is 0.673. The van der Waals surface area contributed by atoms with Gasteiger partial charge in [0.1, 0.15) is 5.01 Å². The molecule has 24 heavy (non-hydrogen) atoms. The van der Waals surface area contributed by atoms with E-state index in [2.05, 4.69) is 10.2 Å². The Bertz CT molecular complexity index is 838. The van der Waals surface area contributed by atoms with E-state index in [0.29, 0.717) is 16.0 Å². The van der Waals surface area contributed by atoms with Gasteiger partial charge in [0.15, 0.2) is 4.34 Å². The molecule has 3 rings (SSSR count). The normalized spacial score (nSPS) is 10.7. The lowest BCUT2D eigenvalue weighted by Gasteiger charge is -2.07. The van der Waals surface area contributed by atoms with Crippen LogP contribution in [-0.2, 0) is 5.75 Å². The van der Waals surface area contributed by atoms with Crippen molar-refractivity contribution >= 4 is 29.1 Å². The minimum absolute atomic E-state index is 0.308. The fraction of sp³-hybridized carbons (Fsp3) is 0.133. The highest BCUT2D eigenvalue weighted by Gasteiger charge is 2.14. The van der Waals surface area contributed by atoms with Gasteiger partial charge in [-0.05, 0) is 24.6 Å². The molecular weight excluding hydrogens is 350 g/mol. The van der Waals surface area contributed by atoms with Crippen LogP contribution in [0.15, 0.2) is 40.7 Å². The predicted molar refractivity (Wildman–Crippen MR) is 89.3 cm³/mol. The van der Waals surface area contributed by atoms with E-state index in [1.165, 1.54) is 23.5 Å². The Morgan fingerprint density at radius 2 is 1.83 bits per heavy atom. The lowest BCUT2D eigenvalue weighted by Crippen LogP contribution is -2.19. The standard InChI is InChI=1S/C15H13N3O4S2/c1-9-16-17-15(24-9)23-8-10-2-4-11(5-3-10)14(21)22-18-12(19)6-7-13(18)20/h2-7,19-20H,8H2,1H3. The second-order valence-corrected chi connectivity index (χ2v) is 7.20. The molecular formula is C15H13N3O4S2. The van der Waals surface area contributed by atoms with Gasteiger partial charge in [0, 0.05) is 17.9 Å². The van der Waals surface area contributed by atoms with E-state index in [-0.39, 0.29) is 11.8 Å². The van der Waals surface area contributed by atoms with Gasteiger partial charge in [-0.3, -0.25) is 0 Å².